The molecule has 3 rings (SSSR count). The third kappa shape index (κ3) is 5.82. The molecule has 2 aliphatic rings. The summed E-state index contributed by atoms with van der Waals surface area (Å²) in [6, 6.07) is -0.890. The molecular weight excluding hydrogens is 506 g/mol. The summed E-state index contributed by atoms with van der Waals surface area (Å²) in [5.41, 5.74) is 5.33. The number of nitrogens with one attached hydrogen (secondary N) is 1. The monoisotopic (exact) mass is 529 g/mol. The van der Waals surface area contributed by atoms with Crippen LogP contribution in [0.25, 0.3) is 0 Å². The van der Waals surface area contributed by atoms with Crippen molar-refractivity contribution in [1.82, 2.24) is 15.2 Å². The lowest BCUT2D eigenvalue weighted by Crippen LogP contribution is -2.74. The number of hydrogen-bond donors (Lipinski definition) is 2. The summed E-state index contributed by atoms with van der Waals surface area (Å²) in [6.45, 7) is 1.88. The van der Waals surface area contributed by atoms with Gasteiger partial charge in [-0.05, 0) is 0 Å². The summed E-state index contributed by atoms with van der Waals surface area (Å²) in [7, 11) is 1.28. The number of thioether (sulfide) groups is 1. The van der Waals surface area contributed by atoms with E-state index in [1.807, 2.05) is 0 Å². The summed E-state index contributed by atoms with van der Waals surface area (Å²) in [4.78, 5) is 71.0. The molecule has 1 aromatic heterocycles. The Balaban J connectivity index is 1.71. The van der Waals surface area contributed by atoms with Crippen LogP contribution >= 0.6 is 23.1 Å². The minimum absolute atomic E-state index is 0.0673. The number of nitrogens with zero attached hydrogens (tertiary/aromatic N) is 3. The summed E-state index contributed by atoms with van der Waals surface area (Å²) >= 11 is 2.44. The predicted octanol–water partition coefficient (Wildman–Crippen LogP) is -0.572. The number of β-lactam (4-membered cyclic amide) rings is 1. The Morgan fingerprint density at radius 3 is 2.71 bits per heavy atom. The van der Waals surface area contributed by atoms with E-state index in [2.05, 4.69) is 15.5 Å². The van der Waals surface area contributed by atoms with Crippen LogP contribution in [0.15, 0.2) is 16.0 Å². The number of rotatable bonds is 9. The van der Waals surface area contributed by atoms with Gasteiger partial charge in [0, 0.05) is 31.5 Å². The lowest BCUT2D eigenvalue weighted by atomic mass is 9.88. The van der Waals surface area contributed by atoms with Crippen LogP contribution < -0.4 is 11.1 Å². The number of hydrogen-bond acceptors (Lipinski definition) is 13. The molecule has 14 nitrogen and oxygen atoms in total. The van der Waals surface area contributed by atoms with Gasteiger partial charge in [0.1, 0.15) is 36.2 Å². The number of nitrogens with two attached hydrogens (primary N) is 1. The van der Waals surface area contributed by atoms with Crippen molar-refractivity contribution in [1.29, 1.82) is 0 Å². The summed E-state index contributed by atoms with van der Waals surface area (Å²) in [6.07, 6.45) is -2.30. The van der Waals surface area contributed by atoms with E-state index in [-0.39, 0.29) is 18.0 Å². The third-order valence-electron chi connectivity index (χ3n) is 5.03. The molecule has 0 saturated carbocycles. The van der Waals surface area contributed by atoms with Crippen molar-refractivity contribution in [2.24, 2.45) is 16.3 Å². The number of esters is 2. The molecule has 0 radical (unpaired) electrons. The van der Waals surface area contributed by atoms with Crippen LogP contribution in [-0.4, -0.2) is 89.2 Å². The van der Waals surface area contributed by atoms with Crippen molar-refractivity contribution in [3.8, 4) is 0 Å². The Labute approximate surface area is 207 Å². The van der Waals surface area contributed by atoms with E-state index < -0.39 is 59.6 Å². The van der Waals surface area contributed by atoms with Crippen molar-refractivity contribution in [2.75, 3.05) is 26.0 Å². The lowest BCUT2D eigenvalue weighted by Gasteiger charge is -2.53. The Morgan fingerprint density at radius 2 is 2.11 bits per heavy atom. The zero-order chi connectivity index (χ0) is 25.8. The zero-order valence-electron chi connectivity index (χ0n) is 18.9. The van der Waals surface area contributed by atoms with E-state index in [9.17, 15) is 24.0 Å². The SMILES string of the molecule is CON=C(C(=O)NC1C(=O)N2CC(COC(N)=O)(C(=O)OC(C)OC(C)=O)CS[C@H]12)c1cscn1. The van der Waals surface area contributed by atoms with Crippen molar-refractivity contribution in [3.05, 3.63) is 16.6 Å². The van der Waals surface area contributed by atoms with Crippen LogP contribution in [0.4, 0.5) is 4.79 Å². The molecular formula is C19H23N5O9S2. The largest absolute Gasteiger partial charge is 0.448 e. The summed E-state index contributed by atoms with van der Waals surface area (Å²) in [5, 5.41) is 7.44. The molecule has 190 valence electrons. The Bertz CT molecular complexity index is 1030. The van der Waals surface area contributed by atoms with E-state index in [1.165, 1.54) is 47.5 Å². The zero-order valence-corrected chi connectivity index (χ0v) is 20.6. The van der Waals surface area contributed by atoms with Gasteiger partial charge in [-0.25, -0.2) is 9.78 Å². The molecule has 35 heavy (non-hydrogen) atoms. The highest BCUT2D eigenvalue weighted by atomic mass is 32.2. The van der Waals surface area contributed by atoms with Gasteiger partial charge in [0.05, 0.1) is 5.51 Å². The Morgan fingerprint density at radius 1 is 1.37 bits per heavy atom. The highest BCUT2D eigenvalue weighted by Crippen LogP contribution is 2.43. The van der Waals surface area contributed by atoms with Crippen molar-refractivity contribution in [2.45, 2.75) is 31.6 Å². The molecule has 3 amide bonds. The van der Waals surface area contributed by atoms with Crippen molar-refractivity contribution in [3.63, 3.8) is 0 Å². The first kappa shape index (κ1) is 26.2. The highest BCUT2D eigenvalue weighted by Gasteiger charge is 2.58. The molecule has 2 fully saturated rings. The predicted molar refractivity (Wildman–Crippen MR) is 121 cm³/mol. The average molecular weight is 530 g/mol. The first-order valence-electron chi connectivity index (χ1n) is 10.1. The number of primary amides is 1. The Hall–Kier alpha value is -3.40. The van der Waals surface area contributed by atoms with Gasteiger partial charge >= 0.3 is 18.0 Å². The fraction of sp³-hybridized carbons (Fsp3) is 0.526. The molecule has 0 aliphatic carbocycles. The maximum atomic E-state index is 13.0. The van der Waals surface area contributed by atoms with Gasteiger partial charge < -0.3 is 35.0 Å². The van der Waals surface area contributed by atoms with Crippen LogP contribution in [0.5, 0.6) is 0 Å². The van der Waals surface area contributed by atoms with Crippen molar-refractivity contribution < 1.29 is 43.0 Å². The number of carbonyl (C=O) groups is 5. The maximum Gasteiger partial charge on any atom is 0.404 e. The van der Waals surface area contributed by atoms with Gasteiger partial charge in [-0.1, -0.05) is 5.16 Å². The van der Waals surface area contributed by atoms with E-state index in [0.29, 0.717) is 5.69 Å². The third-order valence-corrected chi connectivity index (χ3v) is 7.21. The fourth-order valence-electron chi connectivity index (χ4n) is 3.47. The second kappa shape index (κ2) is 10.9. The average Bonchev–Trinajstić information content (AvgIpc) is 3.33. The van der Waals surface area contributed by atoms with E-state index in [1.54, 1.807) is 5.38 Å². The molecule has 0 bridgehead atoms. The number of oxime groups is 1. The molecule has 0 aromatic carbocycles. The first-order chi connectivity index (χ1) is 16.6. The number of fused-ring (bicyclic) bond motifs is 1. The number of ether oxygens (including phenoxy) is 3. The maximum absolute atomic E-state index is 13.0. The molecule has 3 unspecified atom stereocenters. The standard InChI is InChI=1S/C19H23N5O9S2/c1-9(25)32-10(2)33-17(28)19(6-31-18(20)29)5-24-15(27)13(16(24)35-7-19)22-14(26)12(23-30-3)11-4-34-8-21-11/h4,8,10,13,16H,5-7H2,1-3H3,(H2,20,29)(H,22,26)/t10?,13?,16-,19?/m1/s1. The molecule has 0 spiro atoms. The number of thiazole rings is 1. The quantitative estimate of drug-likeness (QED) is 0.137. The minimum Gasteiger partial charge on any atom is -0.448 e. The summed E-state index contributed by atoms with van der Waals surface area (Å²) < 4.78 is 14.9. The Kier molecular flexibility index (Phi) is 8.16. The minimum atomic E-state index is -1.46. The number of carbonyl (C=O) groups excluding carboxylic acids is 5. The highest BCUT2D eigenvalue weighted by molar-refractivity contribution is 8.00. The molecule has 16 heteroatoms. The first-order valence-corrected chi connectivity index (χ1v) is 12.1. The molecule has 2 aliphatic heterocycles. The normalized spacial score (nSPS) is 24.4. The van der Waals surface area contributed by atoms with Crippen LogP contribution in [0.3, 0.4) is 0 Å². The number of aromatic nitrogens is 1. The van der Waals surface area contributed by atoms with Crippen LogP contribution in [-0.2, 0) is 38.2 Å². The molecule has 1 aromatic rings. The molecule has 3 N–H and O–H groups in total. The second-order valence-corrected chi connectivity index (χ2v) is 9.41. The van der Waals surface area contributed by atoms with Crippen LogP contribution in [0, 0.1) is 5.41 Å². The smallest absolute Gasteiger partial charge is 0.404 e. The van der Waals surface area contributed by atoms with E-state index in [0.717, 1.165) is 6.92 Å². The fourth-order valence-corrected chi connectivity index (χ4v) is 5.53. The molecule has 3 heterocycles. The van der Waals surface area contributed by atoms with Crippen molar-refractivity contribution >= 4 is 58.7 Å². The van der Waals surface area contributed by atoms with Crippen LogP contribution in [0.1, 0.15) is 19.5 Å². The van der Waals surface area contributed by atoms with Gasteiger partial charge in [0.2, 0.25) is 12.2 Å². The van der Waals surface area contributed by atoms with E-state index >= 15 is 0 Å². The molecule has 2 saturated heterocycles. The van der Waals surface area contributed by atoms with E-state index in [4.69, 9.17) is 24.8 Å². The topological polar surface area (TPSA) is 189 Å². The van der Waals surface area contributed by atoms with Gasteiger partial charge in [0.25, 0.3) is 5.91 Å². The lowest BCUT2D eigenvalue weighted by molar-refractivity contribution is -0.193. The van der Waals surface area contributed by atoms with Gasteiger partial charge in [-0.2, -0.15) is 0 Å². The molecule has 4 atom stereocenters. The summed E-state index contributed by atoms with van der Waals surface area (Å²) in [5.74, 6) is -2.54. The number of amides is 3. The van der Waals surface area contributed by atoms with Crippen LogP contribution in [0.2, 0.25) is 0 Å². The van der Waals surface area contributed by atoms with Gasteiger partial charge in [0.15, 0.2) is 5.71 Å². The second-order valence-electron chi connectivity index (χ2n) is 7.59. The van der Waals surface area contributed by atoms with Gasteiger partial charge in [-0.3, -0.25) is 19.2 Å². The van der Waals surface area contributed by atoms with Gasteiger partial charge in [-0.15, -0.1) is 23.1 Å².